The summed E-state index contributed by atoms with van der Waals surface area (Å²) < 4.78 is 0. The number of hydrogen-bond donors (Lipinski definition) is 4. The Morgan fingerprint density at radius 1 is 1.12 bits per heavy atom. The number of primary amides is 1. The van der Waals surface area contributed by atoms with Crippen molar-refractivity contribution in [1.82, 2.24) is 10.6 Å². The summed E-state index contributed by atoms with van der Waals surface area (Å²) in [6.45, 7) is 4.82. The molecule has 0 unspecified atom stereocenters. The lowest BCUT2D eigenvalue weighted by atomic mass is 10.0. The SMILES string of the molecule is CC(C)[C@H](NC(=O)[C@H](C)N)C(=O)NCC(N)=O. The van der Waals surface area contributed by atoms with E-state index in [0.29, 0.717) is 0 Å². The fourth-order valence-corrected chi connectivity index (χ4v) is 1.10. The number of nitrogens with one attached hydrogen (secondary N) is 2. The van der Waals surface area contributed by atoms with E-state index in [2.05, 4.69) is 10.6 Å². The molecule has 0 spiro atoms. The van der Waals surface area contributed by atoms with Gasteiger partial charge in [0.05, 0.1) is 12.6 Å². The Kier molecular flexibility index (Phi) is 6.19. The molecule has 7 heteroatoms. The summed E-state index contributed by atoms with van der Waals surface area (Å²) in [5.41, 5.74) is 10.3. The van der Waals surface area contributed by atoms with Gasteiger partial charge in [0, 0.05) is 0 Å². The quantitative estimate of drug-likeness (QED) is 0.434. The molecule has 0 bridgehead atoms. The molecule has 0 aromatic rings. The Morgan fingerprint density at radius 2 is 1.65 bits per heavy atom. The smallest absolute Gasteiger partial charge is 0.243 e. The average molecular weight is 244 g/mol. The van der Waals surface area contributed by atoms with Gasteiger partial charge < -0.3 is 22.1 Å². The predicted octanol–water partition coefficient (Wildman–Crippen LogP) is -1.92. The van der Waals surface area contributed by atoms with Gasteiger partial charge >= 0.3 is 0 Å². The van der Waals surface area contributed by atoms with Crippen molar-refractivity contribution in [3.8, 4) is 0 Å². The van der Waals surface area contributed by atoms with E-state index in [9.17, 15) is 14.4 Å². The van der Waals surface area contributed by atoms with Crippen molar-refractivity contribution in [2.75, 3.05) is 6.54 Å². The Balaban J connectivity index is 4.47. The van der Waals surface area contributed by atoms with Crippen LogP contribution in [0.25, 0.3) is 0 Å². The number of rotatable bonds is 6. The molecule has 0 aliphatic rings. The van der Waals surface area contributed by atoms with Gasteiger partial charge in [0.2, 0.25) is 17.7 Å². The summed E-state index contributed by atoms with van der Waals surface area (Å²) in [5, 5.41) is 4.85. The fourth-order valence-electron chi connectivity index (χ4n) is 1.10. The van der Waals surface area contributed by atoms with Gasteiger partial charge in [0.1, 0.15) is 6.04 Å². The summed E-state index contributed by atoms with van der Waals surface area (Å²) in [5.74, 6) is -1.63. The molecule has 98 valence electrons. The topological polar surface area (TPSA) is 127 Å². The Morgan fingerprint density at radius 3 is 2.00 bits per heavy atom. The molecule has 6 N–H and O–H groups in total. The van der Waals surface area contributed by atoms with E-state index < -0.39 is 29.8 Å². The first-order valence-corrected chi connectivity index (χ1v) is 5.37. The minimum Gasteiger partial charge on any atom is -0.368 e. The molecule has 0 heterocycles. The maximum Gasteiger partial charge on any atom is 0.243 e. The van der Waals surface area contributed by atoms with E-state index in [4.69, 9.17) is 11.5 Å². The molecule has 0 radical (unpaired) electrons. The van der Waals surface area contributed by atoms with Crippen LogP contribution in [0.1, 0.15) is 20.8 Å². The number of carbonyl (C=O) groups is 3. The van der Waals surface area contributed by atoms with Crippen molar-refractivity contribution in [2.45, 2.75) is 32.9 Å². The van der Waals surface area contributed by atoms with Crippen LogP contribution in [0, 0.1) is 5.92 Å². The van der Waals surface area contributed by atoms with Crippen LogP contribution in [-0.4, -0.2) is 36.3 Å². The van der Waals surface area contributed by atoms with Crippen LogP contribution in [0.2, 0.25) is 0 Å². The van der Waals surface area contributed by atoms with E-state index in [-0.39, 0.29) is 12.5 Å². The number of amides is 3. The van der Waals surface area contributed by atoms with E-state index in [1.54, 1.807) is 13.8 Å². The number of hydrogen-bond acceptors (Lipinski definition) is 4. The largest absolute Gasteiger partial charge is 0.368 e. The minimum absolute atomic E-state index is 0.120. The molecule has 0 rings (SSSR count). The van der Waals surface area contributed by atoms with Gasteiger partial charge in [-0.2, -0.15) is 0 Å². The molecular weight excluding hydrogens is 224 g/mol. The standard InChI is InChI=1S/C10H20N4O3/c1-5(2)8(14-9(16)6(3)11)10(17)13-4-7(12)15/h5-6,8H,4,11H2,1-3H3,(H2,12,15)(H,13,17)(H,14,16)/t6-,8-/m0/s1. The van der Waals surface area contributed by atoms with E-state index in [0.717, 1.165) is 0 Å². The second-order valence-electron chi connectivity index (χ2n) is 4.20. The van der Waals surface area contributed by atoms with Crippen LogP contribution in [0.3, 0.4) is 0 Å². The molecule has 0 fully saturated rings. The zero-order valence-corrected chi connectivity index (χ0v) is 10.3. The first-order valence-electron chi connectivity index (χ1n) is 5.37. The molecule has 2 atom stereocenters. The summed E-state index contributed by atoms with van der Waals surface area (Å²) in [6.07, 6.45) is 0. The third kappa shape index (κ3) is 5.86. The molecule has 0 aliphatic heterocycles. The highest BCUT2D eigenvalue weighted by Gasteiger charge is 2.25. The lowest BCUT2D eigenvalue weighted by Gasteiger charge is -2.22. The van der Waals surface area contributed by atoms with Crippen LogP contribution in [0.4, 0.5) is 0 Å². The molecule has 17 heavy (non-hydrogen) atoms. The molecular formula is C10H20N4O3. The molecule has 0 saturated carbocycles. The summed E-state index contributed by atoms with van der Waals surface area (Å²) in [4.78, 5) is 33.6. The highest BCUT2D eigenvalue weighted by molar-refractivity contribution is 5.91. The highest BCUT2D eigenvalue weighted by Crippen LogP contribution is 2.02. The summed E-state index contributed by atoms with van der Waals surface area (Å²) in [7, 11) is 0. The Hall–Kier alpha value is -1.63. The monoisotopic (exact) mass is 244 g/mol. The zero-order chi connectivity index (χ0) is 13.6. The Bertz CT molecular complexity index is 302. The van der Waals surface area contributed by atoms with Gasteiger partial charge in [0.15, 0.2) is 0 Å². The summed E-state index contributed by atoms with van der Waals surface area (Å²) in [6, 6.07) is -1.42. The highest BCUT2D eigenvalue weighted by atomic mass is 16.2. The zero-order valence-electron chi connectivity index (χ0n) is 10.3. The first kappa shape index (κ1) is 15.4. The minimum atomic E-state index is -0.729. The normalized spacial score (nSPS) is 13.9. The van der Waals surface area contributed by atoms with Gasteiger partial charge in [0.25, 0.3) is 0 Å². The third-order valence-electron chi connectivity index (χ3n) is 2.10. The first-order chi connectivity index (χ1) is 7.75. The van der Waals surface area contributed by atoms with Gasteiger partial charge in [-0.3, -0.25) is 14.4 Å². The molecule has 3 amide bonds. The lowest BCUT2D eigenvalue weighted by molar-refractivity contribution is -0.131. The van der Waals surface area contributed by atoms with Crippen molar-refractivity contribution in [2.24, 2.45) is 17.4 Å². The molecule has 7 nitrogen and oxygen atoms in total. The van der Waals surface area contributed by atoms with Crippen molar-refractivity contribution in [1.29, 1.82) is 0 Å². The molecule has 0 aliphatic carbocycles. The van der Waals surface area contributed by atoms with Crippen molar-refractivity contribution in [3.63, 3.8) is 0 Å². The number of carbonyl (C=O) groups excluding carboxylic acids is 3. The maximum absolute atomic E-state index is 11.7. The lowest BCUT2D eigenvalue weighted by Crippen LogP contribution is -2.54. The van der Waals surface area contributed by atoms with Crippen LogP contribution in [0.5, 0.6) is 0 Å². The van der Waals surface area contributed by atoms with Crippen LogP contribution < -0.4 is 22.1 Å². The van der Waals surface area contributed by atoms with E-state index in [1.807, 2.05) is 0 Å². The Labute approximate surface area is 100 Å². The second kappa shape index (κ2) is 6.85. The van der Waals surface area contributed by atoms with Crippen molar-refractivity contribution >= 4 is 17.7 Å². The van der Waals surface area contributed by atoms with Crippen LogP contribution in [-0.2, 0) is 14.4 Å². The predicted molar refractivity (Wildman–Crippen MR) is 62.6 cm³/mol. The maximum atomic E-state index is 11.7. The summed E-state index contributed by atoms with van der Waals surface area (Å²) >= 11 is 0. The van der Waals surface area contributed by atoms with Crippen molar-refractivity contribution < 1.29 is 14.4 Å². The van der Waals surface area contributed by atoms with Gasteiger partial charge in [-0.15, -0.1) is 0 Å². The van der Waals surface area contributed by atoms with Gasteiger partial charge in [-0.1, -0.05) is 13.8 Å². The van der Waals surface area contributed by atoms with E-state index >= 15 is 0 Å². The second-order valence-corrected chi connectivity index (χ2v) is 4.20. The van der Waals surface area contributed by atoms with Gasteiger partial charge in [-0.05, 0) is 12.8 Å². The van der Waals surface area contributed by atoms with Crippen LogP contribution >= 0.6 is 0 Å². The van der Waals surface area contributed by atoms with Crippen molar-refractivity contribution in [3.05, 3.63) is 0 Å². The molecule has 0 aromatic heterocycles. The molecule has 0 aromatic carbocycles. The number of nitrogens with two attached hydrogens (primary N) is 2. The average Bonchev–Trinajstić information content (AvgIpc) is 2.21. The fraction of sp³-hybridized carbons (Fsp3) is 0.700. The molecule has 0 saturated heterocycles. The van der Waals surface area contributed by atoms with E-state index in [1.165, 1.54) is 6.92 Å². The third-order valence-corrected chi connectivity index (χ3v) is 2.10. The van der Waals surface area contributed by atoms with Gasteiger partial charge in [-0.25, -0.2) is 0 Å². The van der Waals surface area contributed by atoms with Crippen LogP contribution in [0.15, 0.2) is 0 Å².